The van der Waals surface area contributed by atoms with Crippen LogP contribution >= 0.6 is 11.6 Å². The monoisotopic (exact) mass is 436 g/mol. The lowest BCUT2D eigenvalue weighted by molar-refractivity contribution is -0.115. The number of nitrogens with one attached hydrogen (secondary N) is 2. The van der Waals surface area contributed by atoms with E-state index in [1.807, 2.05) is 6.92 Å². The van der Waals surface area contributed by atoms with Crippen LogP contribution in [0.2, 0.25) is 5.02 Å². The summed E-state index contributed by atoms with van der Waals surface area (Å²) in [6.07, 6.45) is 0. The first-order chi connectivity index (χ1) is 14.2. The van der Waals surface area contributed by atoms with Crippen LogP contribution in [-0.2, 0) is 4.79 Å². The number of carbonyl (C=O) groups excluding carboxylic acids is 2. The molecule has 0 saturated heterocycles. The molecule has 0 spiro atoms. The highest BCUT2D eigenvalue weighted by Crippen LogP contribution is 2.22. The van der Waals surface area contributed by atoms with E-state index in [1.54, 1.807) is 35.9 Å². The van der Waals surface area contributed by atoms with E-state index in [4.69, 9.17) is 11.6 Å². The maximum absolute atomic E-state index is 13.6. The Hall–Kier alpha value is -3.33. The third-order valence-corrected chi connectivity index (χ3v) is 4.84. The van der Waals surface area contributed by atoms with E-state index in [1.165, 1.54) is 0 Å². The van der Waals surface area contributed by atoms with Gasteiger partial charge in [-0.1, -0.05) is 11.6 Å². The summed E-state index contributed by atoms with van der Waals surface area (Å²) in [4.78, 5) is 24.1. The predicted octanol–water partition coefficient (Wildman–Crippen LogP) is 3.93. The van der Waals surface area contributed by atoms with E-state index in [9.17, 15) is 22.8 Å². The molecule has 0 aliphatic rings. The fourth-order valence-corrected chi connectivity index (χ4v) is 2.83. The normalized spacial score (nSPS) is 10.7. The number of aryl methyl sites for hydroxylation is 1. The third-order valence-electron chi connectivity index (χ3n) is 4.30. The van der Waals surface area contributed by atoms with Crippen LogP contribution in [0.4, 0.5) is 18.9 Å². The summed E-state index contributed by atoms with van der Waals surface area (Å²) < 4.78 is 41.3. The Morgan fingerprint density at radius 2 is 1.70 bits per heavy atom. The summed E-state index contributed by atoms with van der Waals surface area (Å²) in [7, 11) is 0. The Labute approximate surface area is 174 Å². The van der Waals surface area contributed by atoms with Crippen molar-refractivity contribution in [1.82, 2.24) is 15.1 Å². The SMILES string of the molecule is Cc1nn(-c2ccc(C(=O)NCC(=O)Nc3ccc(F)c(F)c3F)cc2)c(C)c1Cl. The van der Waals surface area contributed by atoms with Gasteiger partial charge >= 0.3 is 0 Å². The van der Waals surface area contributed by atoms with Gasteiger partial charge in [-0.15, -0.1) is 0 Å². The van der Waals surface area contributed by atoms with Crippen molar-refractivity contribution in [2.24, 2.45) is 0 Å². The van der Waals surface area contributed by atoms with Gasteiger partial charge < -0.3 is 10.6 Å². The molecular weight excluding hydrogens is 421 g/mol. The van der Waals surface area contributed by atoms with Gasteiger partial charge in [0.15, 0.2) is 17.5 Å². The average Bonchev–Trinajstić information content (AvgIpc) is 3.00. The zero-order valence-electron chi connectivity index (χ0n) is 15.9. The van der Waals surface area contributed by atoms with Crippen LogP contribution in [0.25, 0.3) is 5.69 Å². The molecule has 1 aromatic heterocycles. The summed E-state index contributed by atoms with van der Waals surface area (Å²) in [5.41, 5.74) is 1.89. The molecule has 2 aromatic carbocycles. The number of nitrogens with zero attached hydrogens (tertiary/aromatic N) is 2. The van der Waals surface area contributed by atoms with Crippen LogP contribution < -0.4 is 10.6 Å². The van der Waals surface area contributed by atoms with Gasteiger partial charge in [-0.05, 0) is 50.2 Å². The third kappa shape index (κ3) is 4.30. The number of aromatic nitrogens is 2. The Bertz CT molecular complexity index is 1130. The molecule has 0 aliphatic carbocycles. The van der Waals surface area contributed by atoms with Gasteiger partial charge in [0.2, 0.25) is 5.91 Å². The lowest BCUT2D eigenvalue weighted by atomic mass is 10.2. The summed E-state index contributed by atoms with van der Waals surface area (Å²) in [6, 6.07) is 7.99. The molecule has 1 heterocycles. The van der Waals surface area contributed by atoms with Crippen LogP contribution in [0.15, 0.2) is 36.4 Å². The highest BCUT2D eigenvalue weighted by atomic mass is 35.5. The van der Waals surface area contributed by atoms with E-state index in [0.717, 1.165) is 11.8 Å². The number of hydrogen-bond donors (Lipinski definition) is 2. The molecule has 0 bridgehead atoms. The minimum absolute atomic E-state index is 0.276. The number of carbonyl (C=O) groups is 2. The number of benzene rings is 2. The molecule has 0 aliphatic heterocycles. The van der Waals surface area contributed by atoms with Gasteiger partial charge in [-0.2, -0.15) is 5.10 Å². The van der Waals surface area contributed by atoms with Crippen LogP contribution in [0.5, 0.6) is 0 Å². The van der Waals surface area contributed by atoms with Gasteiger partial charge in [0.05, 0.1) is 34.3 Å². The van der Waals surface area contributed by atoms with E-state index in [-0.39, 0.29) is 5.56 Å². The molecule has 0 saturated carbocycles. The highest BCUT2D eigenvalue weighted by Gasteiger charge is 2.16. The molecule has 0 fully saturated rings. The van der Waals surface area contributed by atoms with Crippen molar-refractivity contribution in [2.45, 2.75) is 13.8 Å². The minimum atomic E-state index is -1.69. The second kappa shape index (κ2) is 8.58. The lowest BCUT2D eigenvalue weighted by Gasteiger charge is -2.09. The molecule has 10 heteroatoms. The Morgan fingerprint density at radius 1 is 1.03 bits per heavy atom. The Morgan fingerprint density at radius 3 is 2.30 bits per heavy atom. The Kier molecular flexibility index (Phi) is 6.12. The van der Waals surface area contributed by atoms with Crippen LogP contribution in [-0.4, -0.2) is 28.1 Å². The summed E-state index contributed by atoms with van der Waals surface area (Å²) in [5, 5.41) is 9.31. The van der Waals surface area contributed by atoms with Crippen molar-refractivity contribution in [3.05, 3.63) is 75.8 Å². The lowest BCUT2D eigenvalue weighted by Crippen LogP contribution is -2.33. The number of anilines is 1. The largest absolute Gasteiger partial charge is 0.343 e. The van der Waals surface area contributed by atoms with E-state index in [0.29, 0.717) is 22.5 Å². The van der Waals surface area contributed by atoms with Crippen molar-refractivity contribution >= 4 is 29.1 Å². The average molecular weight is 437 g/mol. The predicted molar refractivity (Wildman–Crippen MR) is 105 cm³/mol. The van der Waals surface area contributed by atoms with Crippen molar-refractivity contribution in [3.63, 3.8) is 0 Å². The standard InChI is InChI=1S/C20H16ClF3N4O2/c1-10-17(21)11(2)28(27-10)13-5-3-12(4-6-13)20(30)25-9-16(29)26-15-8-7-14(22)18(23)19(15)24/h3-8H,9H2,1-2H3,(H,25,30)(H,26,29). The molecule has 0 unspecified atom stereocenters. The van der Waals surface area contributed by atoms with Crippen molar-refractivity contribution in [3.8, 4) is 5.69 Å². The molecule has 156 valence electrons. The molecule has 3 aromatic rings. The van der Waals surface area contributed by atoms with Crippen molar-refractivity contribution < 1.29 is 22.8 Å². The number of rotatable bonds is 5. The van der Waals surface area contributed by atoms with E-state index < -0.39 is 41.5 Å². The maximum atomic E-state index is 13.6. The fourth-order valence-electron chi connectivity index (χ4n) is 2.71. The van der Waals surface area contributed by atoms with Gasteiger partial charge in [-0.25, -0.2) is 17.9 Å². The first-order valence-corrected chi connectivity index (χ1v) is 9.10. The van der Waals surface area contributed by atoms with Gasteiger partial charge in [0.25, 0.3) is 5.91 Å². The fraction of sp³-hybridized carbons (Fsp3) is 0.150. The molecule has 2 N–H and O–H groups in total. The second-order valence-electron chi connectivity index (χ2n) is 6.40. The molecule has 30 heavy (non-hydrogen) atoms. The Balaban J connectivity index is 1.62. The minimum Gasteiger partial charge on any atom is -0.343 e. The molecule has 0 atom stereocenters. The highest BCUT2D eigenvalue weighted by molar-refractivity contribution is 6.31. The summed E-state index contributed by atoms with van der Waals surface area (Å²) in [5.74, 6) is -5.93. The quantitative estimate of drug-likeness (QED) is 0.595. The number of halogens is 4. The molecule has 3 rings (SSSR count). The van der Waals surface area contributed by atoms with Crippen LogP contribution in [0.3, 0.4) is 0 Å². The summed E-state index contributed by atoms with van der Waals surface area (Å²) >= 11 is 6.14. The summed E-state index contributed by atoms with van der Waals surface area (Å²) in [6.45, 7) is 3.11. The molecule has 6 nitrogen and oxygen atoms in total. The van der Waals surface area contributed by atoms with Gasteiger partial charge in [0.1, 0.15) is 0 Å². The van der Waals surface area contributed by atoms with E-state index >= 15 is 0 Å². The maximum Gasteiger partial charge on any atom is 0.251 e. The zero-order chi connectivity index (χ0) is 22.0. The molecule has 0 radical (unpaired) electrons. The van der Waals surface area contributed by atoms with Crippen LogP contribution in [0.1, 0.15) is 21.7 Å². The number of amides is 2. The smallest absolute Gasteiger partial charge is 0.251 e. The molecule has 2 amide bonds. The van der Waals surface area contributed by atoms with Gasteiger partial charge in [0, 0.05) is 5.56 Å². The number of hydrogen-bond acceptors (Lipinski definition) is 3. The van der Waals surface area contributed by atoms with Crippen LogP contribution in [0, 0.1) is 31.3 Å². The topological polar surface area (TPSA) is 76.0 Å². The van der Waals surface area contributed by atoms with Crippen molar-refractivity contribution in [2.75, 3.05) is 11.9 Å². The van der Waals surface area contributed by atoms with E-state index in [2.05, 4.69) is 15.7 Å². The molecular formula is C20H16ClF3N4O2. The van der Waals surface area contributed by atoms with Crippen molar-refractivity contribution in [1.29, 1.82) is 0 Å². The van der Waals surface area contributed by atoms with Gasteiger partial charge in [-0.3, -0.25) is 9.59 Å². The zero-order valence-corrected chi connectivity index (χ0v) is 16.6. The second-order valence-corrected chi connectivity index (χ2v) is 6.78. The first kappa shape index (κ1) is 21.4. The first-order valence-electron chi connectivity index (χ1n) is 8.72.